The zero-order valence-electron chi connectivity index (χ0n) is 11.6. The molecule has 102 valence electrons. The van der Waals surface area contributed by atoms with E-state index in [2.05, 4.69) is 18.8 Å². The molecule has 0 unspecified atom stereocenters. The minimum Gasteiger partial charge on any atom is -0.469 e. The largest absolute Gasteiger partial charge is 0.469 e. The van der Waals surface area contributed by atoms with Crippen molar-refractivity contribution < 1.29 is 9.21 Å². The maximum absolute atomic E-state index is 12.2. The molecule has 0 aliphatic carbocycles. The summed E-state index contributed by atoms with van der Waals surface area (Å²) in [7, 11) is 1.78. The zero-order chi connectivity index (χ0) is 14.0. The molecule has 2 heterocycles. The smallest absolute Gasteiger partial charge is 0.257 e. The third-order valence-corrected chi connectivity index (χ3v) is 4.09. The van der Waals surface area contributed by atoms with E-state index in [0.29, 0.717) is 23.8 Å². The Labute approximate surface area is 117 Å². The summed E-state index contributed by atoms with van der Waals surface area (Å²) >= 11 is 1.64. The molecule has 0 aliphatic heterocycles. The van der Waals surface area contributed by atoms with Gasteiger partial charge in [0.05, 0.1) is 29.1 Å². The topological polar surface area (TPSA) is 46.3 Å². The van der Waals surface area contributed by atoms with Crippen LogP contribution < -0.4 is 0 Å². The van der Waals surface area contributed by atoms with Crippen LogP contribution in [0.4, 0.5) is 0 Å². The van der Waals surface area contributed by atoms with Crippen molar-refractivity contribution in [2.24, 2.45) is 0 Å². The first-order valence-electron chi connectivity index (χ1n) is 6.23. The molecule has 0 fully saturated rings. The maximum atomic E-state index is 12.2. The van der Waals surface area contributed by atoms with E-state index in [1.54, 1.807) is 36.3 Å². The molecule has 5 heteroatoms. The average molecular weight is 278 g/mol. The molecule has 0 saturated carbocycles. The number of aryl methyl sites for hydroxylation is 1. The molecule has 4 nitrogen and oxygen atoms in total. The number of carbonyl (C=O) groups is 1. The molecule has 0 bridgehead atoms. The van der Waals surface area contributed by atoms with Crippen molar-refractivity contribution in [1.29, 1.82) is 0 Å². The van der Waals surface area contributed by atoms with Gasteiger partial charge < -0.3 is 9.32 Å². The number of carbonyl (C=O) groups excluding carboxylic acids is 1. The molecule has 2 rings (SSSR count). The molecule has 1 amide bonds. The fourth-order valence-corrected chi connectivity index (χ4v) is 2.61. The summed E-state index contributed by atoms with van der Waals surface area (Å²) in [6.07, 6.45) is 1.54. The second kappa shape index (κ2) is 5.57. The van der Waals surface area contributed by atoms with E-state index in [1.807, 2.05) is 5.38 Å². The molecule has 0 saturated heterocycles. The van der Waals surface area contributed by atoms with Crippen molar-refractivity contribution in [3.63, 3.8) is 0 Å². The van der Waals surface area contributed by atoms with E-state index in [-0.39, 0.29) is 5.91 Å². The van der Waals surface area contributed by atoms with Crippen LogP contribution in [-0.2, 0) is 6.54 Å². The van der Waals surface area contributed by atoms with Gasteiger partial charge in [0.1, 0.15) is 5.76 Å². The van der Waals surface area contributed by atoms with Crippen LogP contribution in [0.3, 0.4) is 0 Å². The molecule has 0 radical (unpaired) electrons. The number of hydrogen-bond donors (Lipinski definition) is 0. The number of amides is 1. The van der Waals surface area contributed by atoms with Gasteiger partial charge in [0.15, 0.2) is 0 Å². The Bertz CT molecular complexity index is 572. The van der Waals surface area contributed by atoms with Crippen molar-refractivity contribution in [3.8, 4) is 0 Å². The minimum absolute atomic E-state index is 0.0367. The van der Waals surface area contributed by atoms with E-state index in [1.165, 1.54) is 6.26 Å². The highest BCUT2D eigenvalue weighted by molar-refractivity contribution is 7.09. The lowest BCUT2D eigenvalue weighted by Gasteiger charge is -2.15. The van der Waals surface area contributed by atoms with Crippen LogP contribution in [0.15, 0.2) is 22.1 Å². The van der Waals surface area contributed by atoms with Crippen molar-refractivity contribution in [3.05, 3.63) is 39.7 Å². The van der Waals surface area contributed by atoms with Gasteiger partial charge in [-0.05, 0) is 13.0 Å². The summed E-state index contributed by atoms with van der Waals surface area (Å²) in [5.41, 5.74) is 1.55. The summed E-state index contributed by atoms with van der Waals surface area (Å²) in [6, 6.07) is 1.70. The Morgan fingerprint density at radius 2 is 2.26 bits per heavy atom. The van der Waals surface area contributed by atoms with Gasteiger partial charge in [-0.2, -0.15) is 0 Å². The first-order valence-corrected chi connectivity index (χ1v) is 7.11. The quantitative estimate of drug-likeness (QED) is 0.860. The highest BCUT2D eigenvalue weighted by Gasteiger charge is 2.17. The van der Waals surface area contributed by atoms with Gasteiger partial charge >= 0.3 is 0 Å². The van der Waals surface area contributed by atoms with Gasteiger partial charge in [0, 0.05) is 18.3 Å². The standard InChI is InChI=1S/C14H18N2O2S/c1-9(2)13-15-11(8-19-13)7-16(4)14(17)12-5-6-18-10(12)3/h5-6,8-9H,7H2,1-4H3. The second-order valence-corrected chi connectivity index (χ2v) is 5.77. The van der Waals surface area contributed by atoms with Gasteiger partial charge in [0.25, 0.3) is 5.91 Å². The number of furan rings is 1. The number of aromatic nitrogens is 1. The molecule has 0 N–H and O–H groups in total. The molecule has 2 aromatic heterocycles. The van der Waals surface area contributed by atoms with Gasteiger partial charge in [-0.1, -0.05) is 13.8 Å². The van der Waals surface area contributed by atoms with Crippen LogP contribution >= 0.6 is 11.3 Å². The third-order valence-electron chi connectivity index (χ3n) is 2.90. The number of hydrogen-bond acceptors (Lipinski definition) is 4. The predicted octanol–water partition coefficient (Wildman–Crippen LogP) is 3.44. The van der Waals surface area contributed by atoms with Crippen molar-refractivity contribution >= 4 is 17.2 Å². The van der Waals surface area contributed by atoms with E-state index in [0.717, 1.165) is 10.7 Å². The average Bonchev–Trinajstić information content (AvgIpc) is 2.97. The molecular weight excluding hydrogens is 260 g/mol. The monoisotopic (exact) mass is 278 g/mol. The Balaban J connectivity index is 2.06. The second-order valence-electron chi connectivity index (χ2n) is 4.88. The molecule has 0 spiro atoms. The van der Waals surface area contributed by atoms with Crippen LogP contribution in [-0.4, -0.2) is 22.8 Å². The summed E-state index contributed by atoms with van der Waals surface area (Å²) in [4.78, 5) is 18.4. The van der Waals surface area contributed by atoms with Crippen molar-refractivity contribution in [2.75, 3.05) is 7.05 Å². The number of thiazole rings is 1. The fraction of sp³-hybridized carbons (Fsp3) is 0.429. The first kappa shape index (κ1) is 13.8. The normalized spacial score (nSPS) is 11.0. The third kappa shape index (κ3) is 3.04. The zero-order valence-corrected chi connectivity index (χ0v) is 12.5. The van der Waals surface area contributed by atoms with Gasteiger partial charge in [-0.15, -0.1) is 11.3 Å². The van der Waals surface area contributed by atoms with E-state index in [4.69, 9.17) is 4.42 Å². The van der Waals surface area contributed by atoms with E-state index < -0.39 is 0 Å². The van der Waals surface area contributed by atoms with E-state index in [9.17, 15) is 4.79 Å². The molecule has 0 atom stereocenters. The van der Waals surface area contributed by atoms with Gasteiger partial charge in [0.2, 0.25) is 0 Å². The molecular formula is C14H18N2O2S. The number of nitrogens with zero attached hydrogens (tertiary/aromatic N) is 2. The van der Waals surface area contributed by atoms with Crippen LogP contribution in [0.1, 0.15) is 46.6 Å². The van der Waals surface area contributed by atoms with Crippen LogP contribution in [0.25, 0.3) is 0 Å². The van der Waals surface area contributed by atoms with Crippen LogP contribution in [0.2, 0.25) is 0 Å². The lowest BCUT2D eigenvalue weighted by Crippen LogP contribution is -2.26. The molecule has 0 aromatic carbocycles. The predicted molar refractivity (Wildman–Crippen MR) is 75.4 cm³/mol. The fourth-order valence-electron chi connectivity index (χ4n) is 1.79. The van der Waals surface area contributed by atoms with Crippen molar-refractivity contribution in [2.45, 2.75) is 33.2 Å². The molecule has 2 aromatic rings. The van der Waals surface area contributed by atoms with Gasteiger partial charge in [-0.3, -0.25) is 4.79 Å². The Morgan fingerprint density at radius 3 is 2.79 bits per heavy atom. The summed E-state index contributed by atoms with van der Waals surface area (Å²) in [5.74, 6) is 1.04. The minimum atomic E-state index is -0.0367. The van der Waals surface area contributed by atoms with Gasteiger partial charge in [-0.25, -0.2) is 4.98 Å². The highest BCUT2D eigenvalue weighted by atomic mass is 32.1. The van der Waals surface area contributed by atoms with Crippen LogP contribution in [0.5, 0.6) is 0 Å². The molecule has 19 heavy (non-hydrogen) atoms. The van der Waals surface area contributed by atoms with Crippen LogP contribution in [0, 0.1) is 6.92 Å². The SMILES string of the molecule is Cc1occc1C(=O)N(C)Cc1csc(C(C)C)n1. The summed E-state index contributed by atoms with van der Waals surface area (Å²) in [5, 5.41) is 3.12. The Kier molecular flexibility index (Phi) is 4.04. The van der Waals surface area contributed by atoms with Crippen molar-refractivity contribution in [1.82, 2.24) is 9.88 Å². The highest BCUT2D eigenvalue weighted by Crippen LogP contribution is 2.20. The lowest BCUT2D eigenvalue weighted by molar-refractivity contribution is 0.0782. The lowest BCUT2D eigenvalue weighted by atomic mass is 10.2. The Morgan fingerprint density at radius 1 is 1.53 bits per heavy atom. The first-order chi connectivity index (χ1) is 8.99. The maximum Gasteiger partial charge on any atom is 0.257 e. The summed E-state index contributed by atoms with van der Waals surface area (Å²) in [6.45, 7) is 6.55. The van der Waals surface area contributed by atoms with E-state index >= 15 is 0 Å². The number of rotatable bonds is 4. The summed E-state index contributed by atoms with van der Waals surface area (Å²) < 4.78 is 5.16. The molecule has 0 aliphatic rings. The Hall–Kier alpha value is -1.62.